The second-order valence-corrected chi connectivity index (χ2v) is 6.16. The molecule has 2 fully saturated rings. The number of hydrogen-bond donors (Lipinski definition) is 1. The van der Waals surface area contributed by atoms with E-state index in [-0.39, 0.29) is 5.69 Å². The van der Waals surface area contributed by atoms with E-state index in [9.17, 15) is 18.7 Å². The summed E-state index contributed by atoms with van der Waals surface area (Å²) in [5.74, 6) is -3.89. The van der Waals surface area contributed by atoms with Crippen LogP contribution < -0.4 is 0 Å². The summed E-state index contributed by atoms with van der Waals surface area (Å²) in [7, 11) is 0. The molecule has 1 aliphatic carbocycles. The van der Waals surface area contributed by atoms with Crippen molar-refractivity contribution in [2.45, 2.75) is 43.2 Å². The van der Waals surface area contributed by atoms with Gasteiger partial charge in [-0.05, 0) is 25.0 Å². The summed E-state index contributed by atoms with van der Waals surface area (Å²) in [6.45, 7) is -0.777. The minimum Gasteiger partial charge on any atom is -0.384 e. The highest BCUT2D eigenvalue weighted by Gasteiger charge is 2.64. The molecule has 1 N–H and O–H groups in total. The number of amides is 1. The van der Waals surface area contributed by atoms with E-state index in [1.54, 1.807) is 0 Å². The number of halogens is 3. The van der Waals surface area contributed by atoms with E-state index in [1.165, 1.54) is 18.3 Å². The van der Waals surface area contributed by atoms with Crippen LogP contribution in [0.15, 0.2) is 18.3 Å². The van der Waals surface area contributed by atoms with Crippen LogP contribution in [-0.2, 0) is 0 Å². The highest BCUT2D eigenvalue weighted by atomic mass is 35.5. The Bertz CT molecular complexity index is 576. The van der Waals surface area contributed by atoms with Gasteiger partial charge >= 0.3 is 0 Å². The Balaban J connectivity index is 1.98. The van der Waals surface area contributed by atoms with Crippen LogP contribution in [0.4, 0.5) is 8.78 Å². The average molecular weight is 317 g/mol. The van der Waals surface area contributed by atoms with Gasteiger partial charge in [0.1, 0.15) is 11.8 Å². The van der Waals surface area contributed by atoms with Crippen molar-refractivity contribution in [1.29, 1.82) is 0 Å². The lowest BCUT2D eigenvalue weighted by Crippen LogP contribution is -2.52. The van der Waals surface area contributed by atoms with Crippen molar-refractivity contribution in [3.05, 3.63) is 29.0 Å². The monoisotopic (exact) mass is 316 g/mol. The minimum absolute atomic E-state index is 0.0266. The highest BCUT2D eigenvalue weighted by molar-refractivity contribution is 6.30. The lowest BCUT2D eigenvalue weighted by atomic mass is 9.90. The third-order valence-corrected chi connectivity index (χ3v) is 4.71. The normalized spacial score (nSPS) is 26.5. The molecule has 1 aromatic rings. The molecule has 21 heavy (non-hydrogen) atoms. The number of aromatic nitrogens is 1. The topological polar surface area (TPSA) is 53.4 Å². The molecule has 1 saturated carbocycles. The Kier molecular flexibility index (Phi) is 3.41. The summed E-state index contributed by atoms with van der Waals surface area (Å²) in [5, 5.41) is 10.4. The Labute approximate surface area is 125 Å². The fraction of sp³-hybridized carbons (Fsp3) is 0.571. The summed E-state index contributed by atoms with van der Waals surface area (Å²) in [6.07, 6.45) is 1.75. The van der Waals surface area contributed by atoms with Crippen LogP contribution in [0.3, 0.4) is 0 Å². The van der Waals surface area contributed by atoms with E-state index >= 15 is 0 Å². The molecule has 2 heterocycles. The molecular formula is C14H15ClF2N2O2. The van der Waals surface area contributed by atoms with E-state index in [4.69, 9.17) is 11.6 Å². The Hall–Kier alpha value is -1.27. The molecule has 0 radical (unpaired) electrons. The number of aliphatic hydroxyl groups is 1. The fourth-order valence-corrected chi connectivity index (χ4v) is 3.62. The summed E-state index contributed by atoms with van der Waals surface area (Å²) in [4.78, 5) is 17.6. The van der Waals surface area contributed by atoms with Crippen LogP contribution in [0.25, 0.3) is 0 Å². The van der Waals surface area contributed by atoms with Gasteiger partial charge in [0.05, 0.1) is 12.1 Å². The second-order valence-electron chi connectivity index (χ2n) is 5.72. The number of carbonyl (C=O) groups is 1. The number of pyridine rings is 1. The molecule has 4 nitrogen and oxygen atoms in total. The van der Waals surface area contributed by atoms with Gasteiger partial charge in [-0.2, -0.15) is 0 Å². The maximum atomic E-state index is 13.9. The van der Waals surface area contributed by atoms with Crippen LogP contribution in [0.5, 0.6) is 0 Å². The molecule has 1 amide bonds. The predicted molar refractivity (Wildman–Crippen MR) is 72.4 cm³/mol. The van der Waals surface area contributed by atoms with Gasteiger partial charge in [0, 0.05) is 11.2 Å². The summed E-state index contributed by atoms with van der Waals surface area (Å²) >= 11 is 5.82. The Morgan fingerprint density at radius 2 is 2.10 bits per heavy atom. The number of rotatable bonds is 1. The van der Waals surface area contributed by atoms with Crippen LogP contribution in [0, 0.1) is 0 Å². The zero-order valence-corrected chi connectivity index (χ0v) is 12.0. The Morgan fingerprint density at radius 3 is 2.71 bits per heavy atom. The second kappa shape index (κ2) is 4.88. The molecule has 0 bridgehead atoms. The predicted octanol–water partition coefficient (Wildman–Crippen LogP) is 2.50. The lowest BCUT2D eigenvalue weighted by molar-refractivity contribution is -0.0959. The van der Waals surface area contributed by atoms with Crippen molar-refractivity contribution in [2.24, 2.45) is 0 Å². The highest BCUT2D eigenvalue weighted by Crippen LogP contribution is 2.49. The van der Waals surface area contributed by atoms with Crippen molar-refractivity contribution in [2.75, 3.05) is 6.54 Å². The molecule has 1 aromatic heterocycles. The van der Waals surface area contributed by atoms with Gasteiger partial charge in [-0.1, -0.05) is 24.4 Å². The van der Waals surface area contributed by atoms with E-state index in [2.05, 4.69) is 4.98 Å². The number of alkyl halides is 2. The largest absolute Gasteiger partial charge is 0.384 e. The number of carbonyl (C=O) groups excluding carboxylic acids is 1. The number of nitrogens with zero attached hydrogens (tertiary/aromatic N) is 2. The van der Waals surface area contributed by atoms with Crippen molar-refractivity contribution < 1.29 is 18.7 Å². The van der Waals surface area contributed by atoms with Crippen LogP contribution in [-0.4, -0.2) is 45.0 Å². The first-order valence-electron chi connectivity index (χ1n) is 6.86. The average Bonchev–Trinajstić information content (AvgIpc) is 2.99. The maximum absolute atomic E-state index is 13.9. The molecule has 1 spiro atoms. The zero-order chi connectivity index (χ0) is 15.3. The van der Waals surface area contributed by atoms with Gasteiger partial charge in [-0.15, -0.1) is 0 Å². The third kappa shape index (κ3) is 2.21. The minimum atomic E-state index is -3.29. The molecule has 0 aromatic carbocycles. The van der Waals surface area contributed by atoms with Gasteiger partial charge in [-0.3, -0.25) is 9.78 Å². The number of aliphatic hydroxyl groups excluding tert-OH is 1. The fourth-order valence-electron chi connectivity index (χ4n) is 3.46. The van der Waals surface area contributed by atoms with Crippen molar-refractivity contribution in [3.63, 3.8) is 0 Å². The van der Waals surface area contributed by atoms with Gasteiger partial charge in [0.2, 0.25) is 0 Å². The van der Waals surface area contributed by atoms with Gasteiger partial charge < -0.3 is 10.0 Å². The first-order valence-corrected chi connectivity index (χ1v) is 7.24. The van der Waals surface area contributed by atoms with Gasteiger partial charge in [0.25, 0.3) is 11.8 Å². The molecule has 3 rings (SSSR count). The number of likely N-dealkylation sites (tertiary alicyclic amines) is 1. The molecule has 1 atom stereocenters. The van der Waals surface area contributed by atoms with E-state index in [1.807, 2.05) is 0 Å². The SMILES string of the molecule is O=C(c1cc(Cl)ccn1)N1CC(F)(F)C(O)C12CCCC2. The summed E-state index contributed by atoms with van der Waals surface area (Å²) in [6, 6.07) is 2.87. The van der Waals surface area contributed by atoms with Crippen LogP contribution in [0.2, 0.25) is 5.02 Å². The molecular weight excluding hydrogens is 302 g/mol. The number of hydrogen-bond acceptors (Lipinski definition) is 3. The van der Waals surface area contributed by atoms with E-state index < -0.39 is 30.0 Å². The zero-order valence-electron chi connectivity index (χ0n) is 11.2. The van der Waals surface area contributed by atoms with E-state index in [0.29, 0.717) is 17.9 Å². The Morgan fingerprint density at radius 1 is 1.43 bits per heavy atom. The molecule has 1 saturated heterocycles. The molecule has 7 heteroatoms. The smallest absolute Gasteiger partial charge is 0.292 e. The summed E-state index contributed by atoms with van der Waals surface area (Å²) < 4.78 is 27.9. The van der Waals surface area contributed by atoms with Crippen LogP contribution in [0.1, 0.15) is 36.2 Å². The maximum Gasteiger partial charge on any atom is 0.292 e. The first kappa shape index (κ1) is 14.7. The van der Waals surface area contributed by atoms with E-state index in [0.717, 1.165) is 17.7 Å². The quantitative estimate of drug-likeness (QED) is 0.866. The van der Waals surface area contributed by atoms with Gasteiger partial charge in [-0.25, -0.2) is 8.78 Å². The summed E-state index contributed by atoms with van der Waals surface area (Å²) in [5.41, 5.74) is -1.15. The standard InChI is InChI=1S/C14H15ClF2N2O2/c15-9-3-6-18-10(7-9)11(20)19-8-14(16,17)12(21)13(19)4-1-2-5-13/h3,6-7,12,21H,1-2,4-5,8H2. The van der Waals surface area contributed by atoms with Crippen molar-refractivity contribution in [1.82, 2.24) is 9.88 Å². The third-order valence-electron chi connectivity index (χ3n) is 4.47. The molecule has 1 unspecified atom stereocenters. The van der Waals surface area contributed by atoms with Crippen molar-refractivity contribution in [3.8, 4) is 0 Å². The molecule has 114 valence electrons. The molecule has 2 aliphatic rings. The van der Waals surface area contributed by atoms with Crippen molar-refractivity contribution >= 4 is 17.5 Å². The molecule has 1 aliphatic heterocycles. The van der Waals surface area contributed by atoms with Gasteiger partial charge in [0.15, 0.2) is 0 Å². The van der Waals surface area contributed by atoms with Crippen LogP contribution >= 0.6 is 11.6 Å². The first-order chi connectivity index (χ1) is 9.87. The lowest BCUT2D eigenvalue weighted by Gasteiger charge is -2.36.